The summed E-state index contributed by atoms with van der Waals surface area (Å²) in [7, 11) is 0. The highest BCUT2D eigenvalue weighted by Gasteiger charge is 2.27. The quantitative estimate of drug-likeness (QED) is 0.679. The molecule has 1 saturated heterocycles. The van der Waals surface area contributed by atoms with Gasteiger partial charge in [0.25, 0.3) is 0 Å². The van der Waals surface area contributed by atoms with Crippen LogP contribution in [0.15, 0.2) is 28.8 Å². The third-order valence-electron chi connectivity index (χ3n) is 5.42. The lowest BCUT2D eigenvalue weighted by atomic mass is 10.0. The Morgan fingerprint density at radius 2 is 1.80 bits per heavy atom. The van der Waals surface area contributed by atoms with Crippen molar-refractivity contribution in [3.05, 3.63) is 47.1 Å². The van der Waals surface area contributed by atoms with Crippen molar-refractivity contribution in [2.45, 2.75) is 26.8 Å². The van der Waals surface area contributed by atoms with Crippen LogP contribution >= 0.6 is 0 Å². The number of aliphatic carboxylic acids is 1. The number of benzene rings is 1. The molecular formula is C21H27FN4O4. The summed E-state index contributed by atoms with van der Waals surface area (Å²) in [5.74, 6) is -1.77. The SMILES string of the molecule is Cc1noc(C)c1CN1CCN(CC(CC(=O)Nc2ccc(F)cc2)C(=O)O)CC1. The zero-order valence-electron chi connectivity index (χ0n) is 17.2. The van der Waals surface area contributed by atoms with E-state index in [-0.39, 0.29) is 6.42 Å². The van der Waals surface area contributed by atoms with Crippen LogP contribution < -0.4 is 5.32 Å². The van der Waals surface area contributed by atoms with E-state index in [0.29, 0.717) is 12.2 Å². The molecule has 1 fully saturated rings. The monoisotopic (exact) mass is 418 g/mol. The van der Waals surface area contributed by atoms with Crippen LogP contribution in [0.25, 0.3) is 0 Å². The molecule has 3 rings (SSSR count). The van der Waals surface area contributed by atoms with E-state index in [9.17, 15) is 19.1 Å². The lowest BCUT2D eigenvalue weighted by Gasteiger charge is -2.35. The number of nitrogens with zero attached hydrogens (tertiary/aromatic N) is 3. The number of carbonyl (C=O) groups is 2. The second-order valence-corrected chi connectivity index (χ2v) is 7.67. The van der Waals surface area contributed by atoms with Crippen LogP contribution in [0, 0.1) is 25.6 Å². The number of carboxylic acid groups (broad SMARTS) is 1. The second-order valence-electron chi connectivity index (χ2n) is 7.67. The zero-order chi connectivity index (χ0) is 21.7. The number of nitrogens with one attached hydrogen (secondary N) is 1. The lowest BCUT2D eigenvalue weighted by molar-refractivity contribution is -0.144. The molecule has 9 heteroatoms. The van der Waals surface area contributed by atoms with Crippen LogP contribution in [0.3, 0.4) is 0 Å². The summed E-state index contributed by atoms with van der Waals surface area (Å²) in [6.07, 6.45) is -0.133. The van der Waals surface area contributed by atoms with Crippen molar-refractivity contribution in [1.29, 1.82) is 0 Å². The summed E-state index contributed by atoms with van der Waals surface area (Å²) in [6.45, 7) is 7.97. The van der Waals surface area contributed by atoms with Crippen molar-refractivity contribution in [3.8, 4) is 0 Å². The molecule has 2 aromatic rings. The third-order valence-corrected chi connectivity index (χ3v) is 5.42. The van der Waals surface area contributed by atoms with Gasteiger partial charge in [-0.15, -0.1) is 0 Å². The zero-order valence-corrected chi connectivity index (χ0v) is 17.2. The van der Waals surface area contributed by atoms with E-state index in [4.69, 9.17) is 4.52 Å². The summed E-state index contributed by atoms with van der Waals surface area (Å²) in [5, 5.41) is 16.2. The molecule has 0 radical (unpaired) electrons. The van der Waals surface area contributed by atoms with Crippen LogP contribution in [-0.2, 0) is 16.1 Å². The summed E-state index contributed by atoms with van der Waals surface area (Å²) in [5.41, 5.74) is 2.44. The van der Waals surface area contributed by atoms with Gasteiger partial charge in [0.05, 0.1) is 11.6 Å². The van der Waals surface area contributed by atoms with Crippen LogP contribution in [0.1, 0.15) is 23.4 Å². The summed E-state index contributed by atoms with van der Waals surface area (Å²) >= 11 is 0. The number of aryl methyl sites for hydroxylation is 2. The van der Waals surface area contributed by atoms with Crippen molar-refractivity contribution in [2.75, 3.05) is 38.0 Å². The molecule has 162 valence electrons. The number of amides is 1. The number of rotatable bonds is 8. The number of hydrogen-bond acceptors (Lipinski definition) is 6. The van der Waals surface area contributed by atoms with E-state index in [1.807, 2.05) is 13.8 Å². The maximum atomic E-state index is 13.0. The molecule has 0 bridgehead atoms. The predicted molar refractivity (Wildman–Crippen MR) is 108 cm³/mol. The van der Waals surface area contributed by atoms with Crippen molar-refractivity contribution in [1.82, 2.24) is 15.0 Å². The predicted octanol–water partition coefficient (Wildman–Crippen LogP) is 2.28. The van der Waals surface area contributed by atoms with Gasteiger partial charge in [0.1, 0.15) is 11.6 Å². The van der Waals surface area contributed by atoms with Crippen LogP contribution in [0.5, 0.6) is 0 Å². The van der Waals surface area contributed by atoms with E-state index in [2.05, 4.69) is 20.3 Å². The molecule has 1 aromatic heterocycles. The van der Waals surface area contributed by atoms with E-state index in [0.717, 1.165) is 49.7 Å². The Balaban J connectivity index is 1.48. The number of aromatic nitrogens is 1. The molecule has 8 nitrogen and oxygen atoms in total. The fourth-order valence-electron chi connectivity index (χ4n) is 3.59. The maximum absolute atomic E-state index is 13.0. The fraction of sp³-hybridized carbons (Fsp3) is 0.476. The topological polar surface area (TPSA) is 98.9 Å². The van der Waals surface area contributed by atoms with Crippen molar-refractivity contribution in [3.63, 3.8) is 0 Å². The minimum Gasteiger partial charge on any atom is -0.481 e. The van der Waals surface area contributed by atoms with E-state index < -0.39 is 23.6 Å². The van der Waals surface area contributed by atoms with Crippen molar-refractivity contribution >= 4 is 17.6 Å². The first-order valence-electron chi connectivity index (χ1n) is 9.96. The molecule has 0 spiro atoms. The molecule has 2 N–H and O–H groups in total. The maximum Gasteiger partial charge on any atom is 0.308 e. The Hall–Kier alpha value is -2.78. The first kappa shape index (κ1) is 21.9. The minimum atomic E-state index is -0.998. The van der Waals surface area contributed by atoms with E-state index >= 15 is 0 Å². The van der Waals surface area contributed by atoms with Crippen LogP contribution in [0.4, 0.5) is 10.1 Å². The van der Waals surface area contributed by atoms with Gasteiger partial charge in [0.15, 0.2) is 0 Å². The Labute approximate surface area is 174 Å². The van der Waals surface area contributed by atoms with Crippen LogP contribution in [-0.4, -0.2) is 64.7 Å². The van der Waals surface area contributed by atoms with E-state index in [1.54, 1.807) is 0 Å². The molecule has 1 aromatic carbocycles. The normalized spacial score (nSPS) is 16.4. The second kappa shape index (κ2) is 9.82. The number of carboxylic acids is 1. The number of halogens is 1. The van der Waals surface area contributed by atoms with Gasteiger partial charge in [0, 0.05) is 56.9 Å². The van der Waals surface area contributed by atoms with Gasteiger partial charge in [0.2, 0.25) is 5.91 Å². The van der Waals surface area contributed by atoms with Crippen LogP contribution in [0.2, 0.25) is 0 Å². The average molecular weight is 418 g/mol. The third kappa shape index (κ3) is 5.87. The smallest absolute Gasteiger partial charge is 0.308 e. The van der Waals surface area contributed by atoms with Gasteiger partial charge in [-0.2, -0.15) is 0 Å². The highest BCUT2D eigenvalue weighted by molar-refractivity contribution is 5.93. The molecule has 0 saturated carbocycles. The highest BCUT2D eigenvalue weighted by atomic mass is 19.1. The number of carbonyl (C=O) groups excluding carboxylic acids is 1. The van der Waals surface area contributed by atoms with Gasteiger partial charge in [-0.1, -0.05) is 5.16 Å². The highest BCUT2D eigenvalue weighted by Crippen LogP contribution is 2.17. The Morgan fingerprint density at radius 3 is 2.37 bits per heavy atom. The fourth-order valence-corrected chi connectivity index (χ4v) is 3.59. The van der Waals surface area contributed by atoms with E-state index in [1.165, 1.54) is 24.3 Å². The Kier molecular flexibility index (Phi) is 7.17. The molecule has 1 atom stereocenters. The molecular weight excluding hydrogens is 391 g/mol. The summed E-state index contributed by atoms with van der Waals surface area (Å²) in [6, 6.07) is 5.38. The van der Waals surface area contributed by atoms with Crippen molar-refractivity contribution < 1.29 is 23.6 Å². The Morgan fingerprint density at radius 1 is 1.17 bits per heavy atom. The van der Waals surface area contributed by atoms with Gasteiger partial charge < -0.3 is 14.9 Å². The Bertz CT molecular complexity index is 856. The largest absolute Gasteiger partial charge is 0.481 e. The van der Waals surface area contributed by atoms with Gasteiger partial charge >= 0.3 is 5.97 Å². The molecule has 1 unspecified atom stereocenters. The molecule has 30 heavy (non-hydrogen) atoms. The molecule has 1 aliphatic heterocycles. The first-order valence-corrected chi connectivity index (χ1v) is 9.96. The van der Waals surface area contributed by atoms with Gasteiger partial charge in [-0.05, 0) is 38.1 Å². The number of anilines is 1. The molecule has 1 aliphatic rings. The molecule has 1 amide bonds. The molecule has 0 aliphatic carbocycles. The lowest BCUT2D eigenvalue weighted by Crippen LogP contribution is -2.48. The molecule has 2 heterocycles. The van der Waals surface area contributed by atoms with Gasteiger partial charge in [-0.25, -0.2) is 4.39 Å². The number of hydrogen-bond donors (Lipinski definition) is 2. The minimum absolute atomic E-state index is 0.133. The standard InChI is InChI=1S/C21H27FN4O4/c1-14-19(15(2)30-24-14)13-26-9-7-25(8-10-26)12-16(21(28)29)11-20(27)23-18-5-3-17(22)4-6-18/h3-6,16H,7-13H2,1-2H3,(H,23,27)(H,28,29). The van der Waals surface area contributed by atoms with Crippen molar-refractivity contribution in [2.24, 2.45) is 5.92 Å². The summed E-state index contributed by atoms with van der Waals surface area (Å²) in [4.78, 5) is 28.3. The first-order chi connectivity index (χ1) is 14.3. The van der Waals surface area contributed by atoms with Gasteiger partial charge in [-0.3, -0.25) is 19.4 Å². The number of piperazine rings is 1. The average Bonchev–Trinajstić information content (AvgIpc) is 3.02. The summed E-state index contributed by atoms with van der Waals surface area (Å²) < 4.78 is 18.2.